The highest BCUT2D eigenvalue weighted by Gasteiger charge is 2.34. The van der Waals surface area contributed by atoms with Gasteiger partial charge in [-0.05, 0) is 30.0 Å². The zero-order valence-electron chi connectivity index (χ0n) is 10.4. The third-order valence-electron chi connectivity index (χ3n) is 3.09. The highest BCUT2D eigenvalue weighted by Crippen LogP contribution is 2.39. The molecule has 0 amide bonds. The smallest absolute Gasteiger partial charge is 0.286 e. The van der Waals surface area contributed by atoms with Gasteiger partial charge in [-0.2, -0.15) is 18.2 Å². The van der Waals surface area contributed by atoms with E-state index >= 15 is 0 Å². The maximum absolute atomic E-state index is 12.8. The number of nitrogens with zero attached hydrogens (tertiary/aromatic N) is 2. The van der Waals surface area contributed by atoms with Gasteiger partial charge in [-0.25, -0.2) is 4.79 Å². The Morgan fingerprint density at radius 2 is 2.15 bits per heavy atom. The SMILES string of the molecule is CC(Cc1cc(Cl)c(C(F)(F)F)cc1N=C=O)C1C=N1. The average molecular weight is 303 g/mol. The third kappa shape index (κ3) is 3.26. The number of aliphatic imine (C=N–C) groups is 2. The molecule has 1 heterocycles. The summed E-state index contributed by atoms with van der Waals surface area (Å²) in [7, 11) is 0. The van der Waals surface area contributed by atoms with E-state index in [2.05, 4.69) is 9.98 Å². The molecule has 0 aromatic heterocycles. The van der Waals surface area contributed by atoms with Gasteiger partial charge in [-0.15, -0.1) is 0 Å². The minimum absolute atomic E-state index is 0.0516. The second-order valence-electron chi connectivity index (χ2n) is 4.63. The Kier molecular flexibility index (Phi) is 3.97. The van der Waals surface area contributed by atoms with Crippen molar-refractivity contribution in [2.45, 2.75) is 25.6 Å². The van der Waals surface area contributed by atoms with Crippen LogP contribution in [-0.4, -0.2) is 18.3 Å². The summed E-state index contributed by atoms with van der Waals surface area (Å²) in [6, 6.07) is 2.09. The fourth-order valence-corrected chi connectivity index (χ4v) is 2.24. The highest BCUT2D eigenvalue weighted by atomic mass is 35.5. The molecular formula is C13H10ClF3N2O. The molecule has 0 saturated heterocycles. The number of hydrogen-bond donors (Lipinski definition) is 0. The summed E-state index contributed by atoms with van der Waals surface area (Å²) < 4.78 is 38.3. The maximum Gasteiger partial charge on any atom is 0.417 e. The van der Waals surface area contributed by atoms with Gasteiger partial charge < -0.3 is 0 Å². The number of hydrogen-bond acceptors (Lipinski definition) is 3. The first kappa shape index (κ1) is 14.8. The van der Waals surface area contributed by atoms with Crippen LogP contribution < -0.4 is 0 Å². The number of isocyanates is 1. The van der Waals surface area contributed by atoms with E-state index in [0.717, 1.165) is 6.07 Å². The highest BCUT2D eigenvalue weighted by molar-refractivity contribution is 6.31. The van der Waals surface area contributed by atoms with Crippen molar-refractivity contribution in [3.05, 3.63) is 28.3 Å². The van der Waals surface area contributed by atoms with Crippen LogP contribution in [0.4, 0.5) is 18.9 Å². The molecule has 1 aliphatic rings. The molecular weight excluding hydrogens is 293 g/mol. The van der Waals surface area contributed by atoms with Crippen LogP contribution in [-0.2, 0) is 17.4 Å². The number of rotatable bonds is 4. The molecule has 2 atom stereocenters. The van der Waals surface area contributed by atoms with Gasteiger partial charge in [0.1, 0.15) is 0 Å². The fourth-order valence-electron chi connectivity index (χ4n) is 1.95. The quantitative estimate of drug-likeness (QED) is 0.613. The van der Waals surface area contributed by atoms with Crippen molar-refractivity contribution in [3.63, 3.8) is 0 Å². The second kappa shape index (κ2) is 5.38. The van der Waals surface area contributed by atoms with E-state index < -0.39 is 16.8 Å². The van der Waals surface area contributed by atoms with E-state index in [9.17, 15) is 18.0 Å². The van der Waals surface area contributed by atoms with E-state index in [0.29, 0.717) is 12.0 Å². The summed E-state index contributed by atoms with van der Waals surface area (Å²) in [5, 5.41) is -0.402. The van der Waals surface area contributed by atoms with Crippen LogP contribution in [0.1, 0.15) is 18.1 Å². The third-order valence-corrected chi connectivity index (χ3v) is 3.40. The Balaban J connectivity index is 2.39. The molecule has 3 nitrogen and oxygen atoms in total. The van der Waals surface area contributed by atoms with E-state index in [1.807, 2.05) is 6.92 Å². The molecule has 2 rings (SSSR count). The zero-order valence-corrected chi connectivity index (χ0v) is 11.2. The first-order valence-electron chi connectivity index (χ1n) is 5.83. The summed E-state index contributed by atoms with van der Waals surface area (Å²) in [6.45, 7) is 1.91. The molecule has 0 N–H and O–H groups in total. The Morgan fingerprint density at radius 1 is 1.50 bits per heavy atom. The van der Waals surface area contributed by atoms with Crippen molar-refractivity contribution in [2.75, 3.05) is 0 Å². The van der Waals surface area contributed by atoms with Crippen LogP contribution in [0.5, 0.6) is 0 Å². The second-order valence-corrected chi connectivity index (χ2v) is 5.04. The van der Waals surface area contributed by atoms with Gasteiger partial charge in [0, 0.05) is 6.21 Å². The molecule has 0 bridgehead atoms. The van der Waals surface area contributed by atoms with Crippen LogP contribution in [0, 0.1) is 5.92 Å². The number of benzene rings is 1. The van der Waals surface area contributed by atoms with Crippen LogP contribution >= 0.6 is 11.6 Å². The van der Waals surface area contributed by atoms with E-state index in [-0.39, 0.29) is 17.6 Å². The largest absolute Gasteiger partial charge is 0.417 e. The van der Waals surface area contributed by atoms with Crippen LogP contribution in [0.3, 0.4) is 0 Å². The Labute approximate surface area is 118 Å². The number of halogens is 4. The lowest BCUT2D eigenvalue weighted by Gasteiger charge is -2.15. The average Bonchev–Trinajstić information content (AvgIpc) is 3.14. The molecule has 0 fully saturated rings. The summed E-state index contributed by atoms with van der Waals surface area (Å²) in [5.74, 6) is 0.114. The molecule has 1 aromatic rings. The maximum atomic E-state index is 12.8. The molecule has 0 saturated carbocycles. The van der Waals surface area contributed by atoms with Gasteiger partial charge in [0.25, 0.3) is 0 Å². The first-order chi connectivity index (χ1) is 9.32. The molecule has 1 aliphatic heterocycles. The van der Waals surface area contributed by atoms with E-state index in [1.54, 1.807) is 6.21 Å². The monoisotopic (exact) mass is 302 g/mol. The minimum Gasteiger partial charge on any atom is -0.286 e. The zero-order chi connectivity index (χ0) is 14.9. The molecule has 0 aliphatic carbocycles. The Hall–Kier alpha value is -1.65. The van der Waals surface area contributed by atoms with Crippen LogP contribution in [0.2, 0.25) is 5.02 Å². The van der Waals surface area contributed by atoms with Crippen molar-refractivity contribution in [1.29, 1.82) is 0 Å². The minimum atomic E-state index is -4.59. The summed E-state index contributed by atoms with van der Waals surface area (Å²) in [4.78, 5) is 17.7. The lowest BCUT2D eigenvalue weighted by atomic mass is 9.95. The fraction of sp³-hybridized carbons (Fsp3) is 0.385. The van der Waals surface area contributed by atoms with Crippen molar-refractivity contribution in [2.24, 2.45) is 15.9 Å². The van der Waals surface area contributed by atoms with Crippen molar-refractivity contribution in [3.8, 4) is 0 Å². The molecule has 20 heavy (non-hydrogen) atoms. The van der Waals surface area contributed by atoms with Gasteiger partial charge in [-0.3, -0.25) is 4.99 Å². The van der Waals surface area contributed by atoms with Crippen LogP contribution in [0.15, 0.2) is 22.1 Å². The molecule has 2 unspecified atom stereocenters. The predicted molar refractivity (Wildman–Crippen MR) is 69.4 cm³/mol. The number of alkyl halides is 3. The molecule has 1 aromatic carbocycles. The van der Waals surface area contributed by atoms with Gasteiger partial charge >= 0.3 is 6.18 Å². The molecule has 7 heteroatoms. The van der Waals surface area contributed by atoms with Gasteiger partial charge in [0.15, 0.2) is 0 Å². The lowest BCUT2D eigenvalue weighted by Crippen LogP contribution is -2.10. The molecule has 0 radical (unpaired) electrons. The standard InChI is InChI=1S/C13H10ClF3N2O/c1-7(12-5-18-12)2-8-3-10(14)9(13(15,16)17)4-11(8)19-6-20/h3-5,7,12H,2H2,1H3. The van der Waals surface area contributed by atoms with E-state index in [1.165, 1.54) is 12.1 Å². The predicted octanol–water partition coefficient (Wildman–Crippen LogP) is 3.96. The lowest BCUT2D eigenvalue weighted by molar-refractivity contribution is -0.137. The van der Waals surface area contributed by atoms with Crippen molar-refractivity contribution in [1.82, 2.24) is 0 Å². The number of carbonyl (C=O) groups excluding carboxylic acids is 1. The van der Waals surface area contributed by atoms with Gasteiger partial charge in [0.05, 0.1) is 22.3 Å². The Morgan fingerprint density at radius 3 is 2.65 bits per heavy atom. The summed E-state index contributed by atoms with van der Waals surface area (Å²) in [6.07, 6.45) is -1.12. The van der Waals surface area contributed by atoms with Crippen LogP contribution in [0.25, 0.3) is 0 Å². The molecule has 0 spiro atoms. The Bertz CT molecular complexity index is 600. The first-order valence-corrected chi connectivity index (χ1v) is 6.21. The summed E-state index contributed by atoms with van der Waals surface area (Å²) in [5.41, 5.74) is -0.578. The summed E-state index contributed by atoms with van der Waals surface area (Å²) >= 11 is 5.67. The van der Waals surface area contributed by atoms with Crippen molar-refractivity contribution < 1.29 is 18.0 Å². The topological polar surface area (TPSA) is 41.8 Å². The molecule has 106 valence electrons. The van der Waals surface area contributed by atoms with Gasteiger partial charge in [-0.1, -0.05) is 18.5 Å². The van der Waals surface area contributed by atoms with Gasteiger partial charge in [0.2, 0.25) is 6.08 Å². The normalized spacial score (nSPS) is 18.6. The van der Waals surface area contributed by atoms with E-state index in [4.69, 9.17) is 11.6 Å². The van der Waals surface area contributed by atoms with Crippen molar-refractivity contribution >= 4 is 29.6 Å².